The summed E-state index contributed by atoms with van der Waals surface area (Å²) in [6, 6.07) is 8.15. The van der Waals surface area contributed by atoms with Gasteiger partial charge in [0.05, 0.1) is 17.4 Å². The zero-order chi connectivity index (χ0) is 15.2. The lowest BCUT2D eigenvalue weighted by atomic mass is 10.1. The van der Waals surface area contributed by atoms with Crippen LogP contribution in [-0.2, 0) is 14.8 Å². The highest BCUT2D eigenvalue weighted by molar-refractivity contribution is 7.89. The minimum Gasteiger partial charge on any atom is -0.481 e. The van der Waals surface area contributed by atoms with Crippen molar-refractivity contribution in [3.05, 3.63) is 35.4 Å². The van der Waals surface area contributed by atoms with Crippen LogP contribution in [0.15, 0.2) is 24.3 Å². The van der Waals surface area contributed by atoms with E-state index in [2.05, 4.69) is 4.72 Å². The Morgan fingerprint density at radius 2 is 2.00 bits per heavy atom. The van der Waals surface area contributed by atoms with Gasteiger partial charge >= 0.3 is 5.97 Å². The second-order valence-electron chi connectivity index (χ2n) is 4.39. The number of nitrogens with zero attached hydrogens (tertiary/aromatic N) is 1. The molecule has 1 aromatic rings. The average molecular weight is 296 g/mol. The smallest absolute Gasteiger partial charge is 0.303 e. The van der Waals surface area contributed by atoms with E-state index in [0.29, 0.717) is 5.56 Å². The van der Waals surface area contributed by atoms with Crippen molar-refractivity contribution in [3.8, 4) is 6.07 Å². The van der Waals surface area contributed by atoms with Gasteiger partial charge < -0.3 is 5.11 Å². The van der Waals surface area contributed by atoms with Gasteiger partial charge in [-0.05, 0) is 31.0 Å². The number of carbonyl (C=O) groups is 1. The molecule has 0 bridgehead atoms. The molecule has 108 valence electrons. The van der Waals surface area contributed by atoms with Gasteiger partial charge in [-0.1, -0.05) is 12.1 Å². The molecular formula is C13H16N2O4S. The molecule has 0 aliphatic carbocycles. The monoisotopic (exact) mass is 296 g/mol. The van der Waals surface area contributed by atoms with Gasteiger partial charge in [-0.2, -0.15) is 5.26 Å². The van der Waals surface area contributed by atoms with Crippen molar-refractivity contribution in [3.63, 3.8) is 0 Å². The van der Waals surface area contributed by atoms with Crippen LogP contribution in [0.3, 0.4) is 0 Å². The molecule has 7 heteroatoms. The number of hydrogen-bond acceptors (Lipinski definition) is 4. The minimum absolute atomic E-state index is 0.0742. The fraction of sp³-hybridized carbons (Fsp3) is 0.385. The van der Waals surface area contributed by atoms with Crippen molar-refractivity contribution < 1.29 is 18.3 Å². The molecular weight excluding hydrogens is 280 g/mol. The van der Waals surface area contributed by atoms with Gasteiger partial charge in [0.15, 0.2) is 0 Å². The Balaban J connectivity index is 2.61. The second-order valence-corrected chi connectivity index (χ2v) is 6.26. The van der Waals surface area contributed by atoms with Crippen LogP contribution in [-0.4, -0.2) is 25.2 Å². The number of nitrogens with one attached hydrogen (secondary N) is 1. The molecule has 0 aliphatic heterocycles. The molecule has 1 aromatic carbocycles. The maximum Gasteiger partial charge on any atom is 0.303 e. The zero-order valence-corrected chi connectivity index (χ0v) is 11.9. The molecule has 1 rings (SSSR count). The number of hydrogen-bond donors (Lipinski definition) is 2. The molecule has 0 aromatic heterocycles. The number of nitriles is 1. The van der Waals surface area contributed by atoms with Crippen LogP contribution < -0.4 is 4.72 Å². The Morgan fingerprint density at radius 1 is 1.40 bits per heavy atom. The molecule has 20 heavy (non-hydrogen) atoms. The first-order valence-corrected chi connectivity index (χ1v) is 7.71. The highest BCUT2D eigenvalue weighted by Gasteiger charge is 2.16. The van der Waals surface area contributed by atoms with E-state index in [1.54, 1.807) is 31.2 Å². The lowest BCUT2D eigenvalue weighted by Crippen LogP contribution is -2.29. The van der Waals surface area contributed by atoms with Gasteiger partial charge in [0.25, 0.3) is 0 Å². The maximum absolute atomic E-state index is 11.8. The lowest BCUT2D eigenvalue weighted by Gasteiger charge is -2.14. The van der Waals surface area contributed by atoms with Crippen molar-refractivity contribution in [2.24, 2.45) is 0 Å². The molecule has 6 nitrogen and oxygen atoms in total. The molecule has 0 aliphatic rings. The van der Waals surface area contributed by atoms with E-state index in [4.69, 9.17) is 10.4 Å². The summed E-state index contributed by atoms with van der Waals surface area (Å²) < 4.78 is 26.0. The SMILES string of the molecule is CC(NS(=O)(=O)CCCC(=O)O)c1ccc(C#N)cc1. The summed E-state index contributed by atoms with van der Waals surface area (Å²) in [6.45, 7) is 1.69. The number of benzene rings is 1. The third-order valence-corrected chi connectivity index (χ3v) is 4.24. The number of carboxylic acid groups (broad SMARTS) is 1. The van der Waals surface area contributed by atoms with E-state index in [1.807, 2.05) is 6.07 Å². The third-order valence-electron chi connectivity index (χ3n) is 2.70. The quantitative estimate of drug-likeness (QED) is 0.791. The Bertz CT molecular complexity index is 602. The Kier molecular flexibility index (Phi) is 5.67. The van der Waals surface area contributed by atoms with Crippen molar-refractivity contribution in [2.75, 3.05) is 5.75 Å². The molecule has 0 fully saturated rings. The fourth-order valence-corrected chi connectivity index (χ4v) is 2.97. The standard InChI is InChI=1S/C13H16N2O4S/c1-10(12-6-4-11(9-14)5-7-12)15-20(18,19)8-2-3-13(16)17/h4-7,10,15H,2-3,8H2,1H3,(H,16,17). The van der Waals surface area contributed by atoms with E-state index in [0.717, 1.165) is 5.56 Å². The molecule has 0 heterocycles. The highest BCUT2D eigenvalue weighted by atomic mass is 32.2. The molecule has 1 atom stereocenters. The number of aliphatic carboxylic acids is 1. The number of sulfonamides is 1. The van der Waals surface area contributed by atoms with Gasteiger partial charge in [-0.3, -0.25) is 4.79 Å². The lowest BCUT2D eigenvalue weighted by molar-refractivity contribution is -0.137. The maximum atomic E-state index is 11.8. The summed E-state index contributed by atoms with van der Waals surface area (Å²) in [4.78, 5) is 10.3. The Morgan fingerprint density at radius 3 is 2.50 bits per heavy atom. The van der Waals surface area contributed by atoms with Crippen LogP contribution in [0.5, 0.6) is 0 Å². The van der Waals surface area contributed by atoms with Crippen molar-refractivity contribution in [2.45, 2.75) is 25.8 Å². The van der Waals surface area contributed by atoms with Crippen molar-refractivity contribution >= 4 is 16.0 Å². The van der Waals surface area contributed by atoms with E-state index in [1.165, 1.54) is 0 Å². The van der Waals surface area contributed by atoms with Gasteiger partial charge in [0.2, 0.25) is 10.0 Å². The van der Waals surface area contributed by atoms with Crippen LogP contribution in [0, 0.1) is 11.3 Å². The fourth-order valence-electron chi connectivity index (χ4n) is 1.66. The predicted molar refractivity (Wildman–Crippen MR) is 73.4 cm³/mol. The Hall–Kier alpha value is -1.91. The first kappa shape index (κ1) is 16.1. The highest BCUT2D eigenvalue weighted by Crippen LogP contribution is 2.14. The second kappa shape index (κ2) is 7.03. The molecule has 0 saturated carbocycles. The van der Waals surface area contributed by atoms with E-state index < -0.39 is 22.0 Å². The summed E-state index contributed by atoms with van der Waals surface area (Å²) in [6.07, 6.45) is -0.100. The molecule has 1 unspecified atom stereocenters. The van der Waals surface area contributed by atoms with Gasteiger partial charge in [-0.25, -0.2) is 13.1 Å². The average Bonchev–Trinajstić information content (AvgIpc) is 2.37. The summed E-state index contributed by atoms with van der Waals surface area (Å²) in [5.41, 5.74) is 1.25. The first-order valence-electron chi connectivity index (χ1n) is 6.06. The summed E-state index contributed by atoms with van der Waals surface area (Å²) >= 11 is 0. The largest absolute Gasteiger partial charge is 0.481 e. The summed E-state index contributed by atoms with van der Waals surface area (Å²) in [5.74, 6) is -1.24. The molecule has 0 saturated heterocycles. The predicted octanol–water partition coefficient (Wildman–Crippen LogP) is 1.40. The van der Waals surface area contributed by atoms with Crippen LogP contribution in [0.2, 0.25) is 0 Å². The molecule has 0 amide bonds. The summed E-state index contributed by atoms with van der Waals surface area (Å²) in [5, 5.41) is 17.2. The Labute approximate surface area is 118 Å². The topological polar surface area (TPSA) is 107 Å². The third kappa shape index (κ3) is 5.38. The number of rotatable bonds is 7. The van der Waals surface area contributed by atoms with Crippen molar-refractivity contribution in [1.29, 1.82) is 5.26 Å². The van der Waals surface area contributed by atoms with E-state index in [-0.39, 0.29) is 18.6 Å². The van der Waals surface area contributed by atoms with E-state index in [9.17, 15) is 13.2 Å². The van der Waals surface area contributed by atoms with Gasteiger partial charge in [0, 0.05) is 12.5 Å². The van der Waals surface area contributed by atoms with Crippen LogP contribution in [0.1, 0.15) is 36.9 Å². The van der Waals surface area contributed by atoms with Crippen LogP contribution in [0.4, 0.5) is 0 Å². The van der Waals surface area contributed by atoms with Gasteiger partial charge in [-0.15, -0.1) is 0 Å². The van der Waals surface area contributed by atoms with E-state index >= 15 is 0 Å². The molecule has 2 N–H and O–H groups in total. The first-order chi connectivity index (χ1) is 9.34. The van der Waals surface area contributed by atoms with Crippen molar-refractivity contribution in [1.82, 2.24) is 4.72 Å². The summed E-state index contributed by atoms with van der Waals surface area (Å²) in [7, 11) is -3.52. The normalized spacial score (nSPS) is 12.6. The van der Waals surface area contributed by atoms with Gasteiger partial charge in [0.1, 0.15) is 0 Å². The molecule has 0 radical (unpaired) electrons. The van der Waals surface area contributed by atoms with Crippen LogP contribution in [0.25, 0.3) is 0 Å². The van der Waals surface area contributed by atoms with Crippen LogP contribution >= 0.6 is 0 Å². The molecule has 0 spiro atoms. The zero-order valence-electron chi connectivity index (χ0n) is 11.0. The number of carboxylic acids is 1. The minimum atomic E-state index is -3.52.